The maximum Gasteiger partial charge on any atom is 0.239 e. The summed E-state index contributed by atoms with van der Waals surface area (Å²) in [6, 6.07) is 0.0464. The van der Waals surface area contributed by atoms with Gasteiger partial charge >= 0.3 is 0 Å². The Balaban J connectivity index is 0.00000162. The number of likely N-dealkylation sites (N-methyl/N-ethyl adjacent to an activating group) is 1. The summed E-state index contributed by atoms with van der Waals surface area (Å²) in [5, 5.41) is 3.33. The summed E-state index contributed by atoms with van der Waals surface area (Å²) in [4.78, 5) is 14.3. The predicted octanol–water partition coefficient (Wildman–Crippen LogP) is 1.58. The van der Waals surface area contributed by atoms with Crippen LogP contribution < -0.4 is 5.32 Å². The number of ether oxygens (including phenoxy) is 1. The first-order chi connectivity index (χ1) is 8.31. The van der Waals surface area contributed by atoms with Crippen molar-refractivity contribution in [2.24, 2.45) is 0 Å². The summed E-state index contributed by atoms with van der Waals surface area (Å²) >= 11 is 0. The Kier molecular flexibility index (Phi) is 6.97. The smallest absolute Gasteiger partial charge is 0.239 e. The summed E-state index contributed by atoms with van der Waals surface area (Å²) < 4.78 is 5.61. The number of amides is 1. The van der Waals surface area contributed by atoms with Crippen LogP contribution in [0.1, 0.15) is 39.0 Å². The van der Waals surface area contributed by atoms with Gasteiger partial charge in [-0.2, -0.15) is 0 Å². The zero-order valence-electron chi connectivity index (χ0n) is 11.2. The highest BCUT2D eigenvalue weighted by molar-refractivity contribution is 5.85. The topological polar surface area (TPSA) is 41.6 Å². The van der Waals surface area contributed by atoms with Gasteiger partial charge < -0.3 is 15.0 Å². The first kappa shape index (κ1) is 15.7. The Morgan fingerprint density at radius 3 is 2.72 bits per heavy atom. The van der Waals surface area contributed by atoms with E-state index in [4.69, 9.17) is 4.74 Å². The van der Waals surface area contributed by atoms with Gasteiger partial charge in [-0.25, -0.2) is 0 Å². The maximum absolute atomic E-state index is 12.3. The van der Waals surface area contributed by atoms with E-state index in [9.17, 15) is 4.79 Å². The SMILES string of the molecule is CCN(CC1CCCO1)C(=O)[C@H]1CCCCN1.Cl. The molecule has 106 valence electrons. The standard InChI is InChI=1S/C13H24N2O2.ClH/c1-2-15(10-11-6-5-9-17-11)13(16)12-7-3-4-8-14-12;/h11-12,14H,2-10H2,1H3;1H/t11?,12-;/m1./s1. The van der Waals surface area contributed by atoms with Crippen LogP contribution in [-0.2, 0) is 9.53 Å². The van der Waals surface area contributed by atoms with E-state index in [-0.39, 0.29) is 30.5 Å². The number of carbonyl (C=O) groups is 1. The van der Waals surface area contributed by atoms with Crippen LogP contribution in [0.25, 0.3) is 0 Å². The molecule has 0 aromatic rings. The van der Waals surface area contributed by atoms with E-state index in [2.05, 4.69) is 12.2 Å². The average molecular weight is 277 g/mol. The van der Waals surface area contributed by atoms with Gasteiger partial charge in [-0.15, -0.1) is 12.4 Å². The van der Waals surface area contributed by atoms with Crippen LogP contribution in [0.5, 0.6) is 0 Å². The Labute approximate surface area is 116 Å². The highest BCUT2D eigenvalue weighted by atomic mass is 35.5. The summed E-state index contributed by atoms with van der Waals surface area (Å²) in [7, 11) is 0. The number of nitrogens with zero attached hydrogens (tertiary/aromatic N) is 1. The quantitative estimate of drug-likeness (QED) is 0.848. The first-order valence-electron chi connectivity index (χ1n) is 6.95. The Bertz CT molecular complexity index is 251. The van der Waals surface area contributed by atoms with Gasteiger partial charge in [0.15, 0.2) is 0 Å². The molecular weight excluding hydrogens is 252 g/mol. The molecule has 2 aliphatic rings. The van der Waals surface area contributed by atoms with E-state index in [1.165, 1.54) is 12.8 Å². The van der Waals surface area contributed by atoms with E-state index in [1.807, 2.05) is 4.90 Å². The maximum atomic E-state index is 12.3. The summed E-state index contributed by atoms with van der Waals surface area (Å²) in [5.74, 6) is 0.266. The van der Waals surface area contributed by atoms with Crippen molar-refractivity contribution in [1.82, 2.24) is 10.2 Å². The fraction of sp³-hybridized carbons (Fsp3) is 0.923. The van der Waals surface area contributed by atoms with Crippen molar-refractivity contribution in [2.75, 3.05) is 26.2 Å². The number of rotatable bonds is 4. The molecule has 0 radical (unpaired) electrons. The minimum Gasteiger partial charge on any atom is -0.376 e. The molecule has 0 bridgehead atoms. The van der Waals surface area contributed by atoms with Gasteiger partial charge in [-0.05, 0) is 39.2 Å². The van der Waals surface area contributed by atoms with Crippen molar-refractivity contribution >= 4 is 18.3 Å². The molecule has 5 heteroatoms. The average Bonchev–Trinajstić information content (AvgIpc) is 2.89. The second-order valence-corrected chi connectivity index (χ2v) is 5.01. The van der Waals surface area contributed by atoms with Crippen molar-refractivity contribution in [2.45, 2.75) is 51.2 Å². The van der Waals surface area contributed by atoms with Gasteiger partial charge in [0, 0.05) is 19.7 Å². The van der Waals surface area contributed by atoms with Gasteiger partial charge in [0.1, 0.15) is 0 Å². The van der Waals surface area contributed by atoms with Gasteiger partial charge in [-0.1, -0.05) is 6.42 Å². The molecule has 2 saturated heterocycles. The Hall–Kier alpha value is -0.320. The minimum atomic E-state index is 0. The zero-order valence-corrected chi connectivity index (χ0v) is 12.0. The van der Waals surface area contributed by atoms with Gasteiger partial charge in [0.25, 0.3) is 0 Å². The van der Waals surface area contributed by atoms with Crippen molar-refractivity contribution in [3.63, 3.8) is 0 Å². The molecule has 1 unspecified atom stereocenters. The predicted molar refractivity (Wildman–Crippen MR) is 74.1 cm³/mol. The van der Waals surface area contributed by atoms with E-state index in [0.29, 0.717) is 0 Å². The van der Waals surface area contributed by atoms with Crippen molar-refractivity contribution in [3.05, 3.63) is 0 Å². The number of carbonyl (C=O) groups excluding carboxylic acids is 1. The van der Waals surface area contributed by atoms with Crippen molar-refractivity contribution in [3.8, 4) is 0 Å². The lowest BCUT2D eigenvalue weighted by atomic mass is 10.0. The number of nitrogens with one attached hydrogen (secondary N) is 1. The molecule has 18 heavy (non-hydrogen) atoms. The minimum absolute atomic E-state index is 0. The summed E-state index contributed by atoms with van der Waals surface area (Å²) in [6.07, 6.45) is 5.85. The number of hydrogen-bond acceptors (Lipinski definition) is 3. The van der Waals surface area contributed by atoms with Gasteiger partial charge in [-0.3, -0.25) is 4.79 Å². The van der Waals surface area contributed by atoms with E-state index in [1.54, 1.807) is 0 Å². The van der Waals surface area contributed by atoms with Crippen LogP contribution in [-0.4, -0.2) is 49.2 Å². The third-order valence-electron chi connectivity index (χ3n) is 3.75. The molecule has 2 aliphatic heterocycles. The molecule has 1 N–H and O–H groups in total. The van der Waals surface area contributed by atoms with Crippen LogP contribution in [0, 0.1) is 0 Å². The Morgan fingerprint density at radius 1 is 1.33 bits per heavy atom. The lowest BCUT2D eigenvalue weighted by Crippen LogP contribution is -2.50. The normalized spacial score (nSPS) is 27.6. The molecule has 0 saturated carbocycles. The highest BCUT2D eigenvalue weighted by Gasteiger charge is 2.27. The third-order valence-corrected chi connectivity index (χ3v) is 3.75. The van der Waals surface area contributed by atoms with Crippen molar-refractivity contribution < 1.29 is 9.53 Å². The molecule has 2 fully saturated rings. The second kappa shape index (κ2) is 7.97. The molecule has 2 atom stereocenters. The van der Waals surface area contributed by atoms with Crippen molar-refractivity contribution in [1.29, 1.82) is 0 Å². The first-order valence-corrected chi connectivity index (χ1v) is 6.95. The monoisotopic (exact) mass is 276 g/mol. The molecule has 4 nitrogen and oxygen atoms in total. The van der Waals surface area contributed by atoms with Crippen LogP contribution in [0.3, 0.4) is 0 Å². The number of hydrogen-bond donors (Lipinski definition) is 1. The van der Waals surface area contributed by atoms with Crippen LogP contribution in [0.4, 0.5) is 0 Å². The van der Waals surface area contributed by atoms with Crippen LogP contribution >= 0.6 is 12.4 Å². The van der Waals surface area contributed by atoms with E-state index < -0.39 is 0 Å². The fourth-order valence-electron chi connectivity index (χ4n) is 2.69. The summed E-state index contributed by atoms with van der Waals surface area (Å²) in [5.41, 5.74) is 0. The molecule has 2 heterocycles. The Morgan fingerprint density at radius 2 is 2.17 bits per heavy atom. The van der Waals surface area contributed by atoms with E-state index >= 15 is 0 Å². The fourth-order valence-corrected chi connectivity index (χ4v) is 2.69. The summed E-state index contributed by atoms with van der Waals surface area (Å²) in [6.45, 7) is 5.45. The number of halogens is 1. The molecule has 0 aromatic heterocycles. The third kappa shape index (κ3) is 4.11. The molecule has 0 spiro atoms. The molecule has 1 amide bonds. The van der Waals surface area contributed by atoms with Gasteiger partial charge in [0.2, 0.25) is 5.91 Å². The molecular formula is C13H25ClN2O2. The lowest BCUT2D eigenvalue weighted by Gasteiger charge is -2.30. The number of piperidine rings is 1. The van der Waals surface area contributed by atoms with E-state index in [0.717, 1.165) is 45.5 Å². The zero-order chi connectivity index (χ0) is 12.1. The second-order valence-electron chi connectivity index (χ2n) is 5.01. The largest absolute Gasteiger partial charge is 0.376 e. The van der Waals surface area contributed by atoms with Crippen LogP contribution in [0.15, 0.2) is 0 Å². The highest BCUT2D eigenvalue weighted by Crippen LogP contribution is 2.15. The lowest BCUT2D eigenvalue weighted by molar-refractivity contribution is -0.135. The molecule has 2 rings (SSSR count). The van der Waals surface area contributed by atoms with Gasteiger partial charge in [0.05, 0.1) is 12.1 Å². The van der Waals surface area contributed by atoms with Crippen LogP contribution in [0.2, 0.25) is 0 Å². The molecule has 0 aromatic carbocycles. The molecule has 0 aliphatic carbocycles.